The number of rotatable bonds is 0. The molecule has 0 radical (unpaired) electrons. The molecule has 1 fully saturated rings. The van der Waals surface area contributed by atoms with Crippen molar-refractivity contribution in [1.82, 2.24) is 0 Å². The number of ether oxygens (including phenoxy) is 2. The molecule has 0 aromatic heterocycles. The number of phenolic OH excluding ortho intramolecular Hbond substituents is 2. The van der Waals surface area contributed by atoms with Gasteiger partial charge in [-0.1, -0.05) is 0 Å². The number of cyclic esters (lactones) is 2. The van der Waals surface area contributed by atoms with Crippen LogP contribution in [0.25, 0.3) is 0 Å². The fraction of sp³-hybridized carbons (Fsp3) is 0.385. The largest absolute Gasteiger partial charge is 0.507 e. The van der Waals surface area contributed by atoms with Gasteiger partial charge < -0.3 is 29.9 Å². The first-order chi connectivity index (χ1) is 16.9. The van der Waals surface area contributed by atoms with Crippen molar-refractivity contribution < 1.29 is 49.1 Å². The Morgan fingerprint density at radius 1 is 0.833 bits per heavy atom. The maximum Gasteiger partial charge on any atom is 0.342 e. The average Bonchev–Trinajstić information content (AvgIpc) is 2.89. The number of ketones is 2. The van der Waals surface area contributed by atoms with Crippen molar-refractivity contribution in [1.29, 1.82) is 0 Å². The standard InChI is InChI=1S/C26H20O10/c1-8-3-11(28)16-18-13(8)12(29)5-26(34)19-20(30)14-9(2)4-10(27)15-17(14)24(21(19)31,6-35-22(15)32)25(18,26)7-36-23(16)33/h3-4,19,21,27-28,31,34H,5-7H2,1-2H3/t19-,21+,24?,25+,26+/m0/s1. The molecule has 2 aliphatic heterocycles. The SMILES string of the molecule is Cc1cc(O)c2c3c1C(=O)[C@H]1[C@@H](O)C3(COC2=O)[C@@]23COC(=O)c4c(O)cc(C)c(c42)C(=O)C[C@@]13O. The number of fused-ring (bicyclic) bond motifs is 2. The van der Waals surface area contributed by atoms with Crippen LogP contribution >= 0.6 is 0 Å². The molecule has 36 heavy (non-hydrogen) atoms. The number of aliphatic hydroxyl groups excluding tert-OH is 1. The summed E-state index contributed by atoms with van der Waals surface area (Å²) in [5.41, 5.74) is -5.77. The molecular formula is C26H20O10. The van der Waals surface area contributed by atoms with E-state index in [-0.39, 0.29) is 33.4 Å². The number of hydrogen-bond donors (Lipinski definition) is 4. The highest BCUT2D eigenvalue weighted by molar-refractivity contribution is 6.14. The average molecular weight is 492 g/mol. The van der Waals surface area contributed by atoms with E-state index in [4.69, 9.17) is 9.47 Å². The zero-order valence-corrected chi connectivity index (χ0v) is 19.2. The van der Waals surface area contributed by atoms with Crippen LogP contribution in [-0.2, 0) is 20.3 Å². The van der Waals surface area contributed by atoms with Crippen molar-refractivity contribution in [3.8, 4) is 11.5 Å². The van der Waals surface area contributed by atoms with Gasteiger partial charge in [0, 0.05) is 17.5 Å². The van der Waals surface area contributed by atoms with E-state index in [1.807, 2.05) is 0 Å². The molecule has 2 heterocycles. The smallest absolute Gasteiger partial charge is 0.342 e. The molecule has 184 valence electrons. The molecule has 2 aromatic rings. The molecule has 0 saturated heterocycles. The van der Waals surface area contributed by atoms with Gasteiger partial charge in [0.2, 0.25) is 0 Å². The molecule has 10 heteroatoms. The number of hydrogen-bond acceptors (Lipinski definition) is 10. The van der Waals surface area contributed by atoms with Gasteiger partial charge >= 0.3 is 11.9 Å². The van der Waals surface area contributed by atoms with Crippen LogP contribution < -0.4 is 0 Å². The van der Waals surface area contributed by atoms with E-state index in [2.05, 4.69) is 0 Å². The van der Waals surface area contributed by atoms with Gasteiger partial charge in [-0.25, -0.2) is 9.59 Å². The summed E-state index contributed by atoms with van der Waals surface area (Å²) in [5, 5.41) is 45.9. The maximum absolute atomic E-state index is 14.0. The Balaban J connectivity index is 1.76. The second-order valence-corrected chi connectivity index (χ2v) is 10.5. The second kappa shape index (κ2) is 5.96. The number of esters is 2. The fourth-order valence-corrected chi connectivity index (χ4v) is 8.03. The van der Waals surface area contributed by atoms with Crippen molar-refractivity contribution >= 4 is 23.5 Å². The van der Waals surface area contributed by atoms with E-state index in [0.717, 1.165) is 0 Å². The molecule has 0 amide bonds. The normalized spacial score (nSPS) is 35.0. The van der Waals surface area contributed by atoms with Gasteiger partial charge in [-0.2, -0.15) is 0 Å². The predicted octanol–water partition coefficient (Wildman–Crippen LogP) is 0.736. The lowest BCUT2D eigenvalue weighted by Gasteiger charge is -2.57. The molecule has 5 atom stereocenters. The van der Waals surface area contributed by atoms with Gasteiger partial charge in [0.05, 0.1) is 28.5 Å². The van der Waals surface area contributed by atoms with Gasteiger partial charge in [-0.3, -0.25) is 9.59 Å². The summed E-state index contributed by atoms with van der Waals surface area (Å²) in [5.74, 6) is -5.55. The third kappa shape index (κ3) is 1.82. The summed E-state index contributed by atoms with van der Waals surface area (Å²) in [7, 11) is 0. The Hall–Kier alpha value is -3.76. The van der Waals surface area contributed by atoms with Gasteiger partial charge in [0.25, 0.3) is 0 Å². The van der Waals surface area contributed by atoms with Crippen LogP contribution in [0.4, 0.5) is 0 Å². The number of aryl methyl sites for hydroxylation is 2. The van der Waals surface area contributed by atoms with Crippen molar-refractivity contribution in [3.05, 3.63) is 56.6 Å². The molecule has 4 N–H and O–H groups in total. The Bertz CT molecular complexity index is 1520. The fourth-order valence-electron chi connectivity index (χ4n) is 8.03. The van der Waals surface area contributed by atoms with Gasteiger partial charge in [0.15, 0.2) is 11.6 Å². The number of aliphatic hydroxyl groups is 2. The zero-order chi connectivity index (χ0) is 25.7. The quantitative estimate of drug-likeness (QED) is 0.385. The summed E-state index contributed by atoms with van der Waals surface area (Å²) in [4.78, 5) is 53.3. The Kier molecular flexibility index (Phi) is 3.56. The van der Waals surface area contributed by atoms with E-state index in [9.17, 15) is 39.6 Å². The molecule has 10 nitrogen and oxygen atoms in total. The molecule has 1 saturated carbocycles. The lowest BCUT2D eigenvalue weighted by Crippen LogP contribution is -2.69. The first kappa shape index (κ1) is 21.5. The second-order valence-electron chi connectivity index (χ2n) is 10.5. The minimum Gasteiger partial charge on any atom is -0.507 e. The van der Waals surface area contributed by atoms with E-state index in [1.54, 1.807) is 13.8 Å². The highest BCUT2D eigenvalue weighted by Gasteiger charge is 2.85. The van der Waals surface area contributed by atoms with Crippen LogP contribution in [-0.4, -0.2) is 68.8 Å². The highest BCUT2D eigenvalue weighted by Crippen LogP contribution is 2.72. The van der Waals surface area contributed by atoms with Crippen LogP contribution in [0.3, 0.4) is 0 Å². The van der Waals surface area contributed by atoms with E-state index in [1.165, 1.54) is 12.1 Å². The molecular weight excluding hydrogens is 472 g/mol. The van der Waals surface area contributed by atoms with E-state index >= 15 is 0 Å². The minimum absolute atomic E-state index is 0.00567. The Labute approximate surface area is 203 Å². The molecule has 2 aromatic carbocycles. The summed E-state index contributed by atoms with van der Waals surface area (Å²) in [6.45, 7) is 2.07. The number of phenols is 2. The molecule has 5 aliphatic rings. The molecule has 7 rings (SSSR count). The van der Waals surface area contributed by atoms with Gasteiger partial charge in [-0.15, -0.1) is 0 Å². The third-order valence-corrected chi connectivity index (χ3v) is 9.21. The van der Waals surface area contributed by atoms with E-state index < -0.39 is 83.1 Å². The summed E-state index contributed by atoms with van der Waals surface area (Å²) >= 11 is 0. The van der Waals surface area contributed by atoms with Crippen molar-refractivity contribution in [2.75, 3.05) is 13.2 Å². The summed E-state index contributed by atoms with van der Waals surface area (Å²) < 4.78 is 11.0. The van der Waals surface area contributed by atoms with Gasteiger partial charge in [0.1, 0.15) is 35.8 Å². The molecule has 3 aliphatic carbocycles. The van der Waals surface area contributed by atoms with Crippen LogP contribution in [0, 0.1) is 19.8 Å². The number of carbonyl (C=O) groups excluding carboxylic acids is 4. The molecule has 2 spiro atoms. The number of carbonyl (C=O) groups is 4. The lowest BCUT2D eigenvalue weighted by atomic mass is 9.48. The van der Waals surface area contributed by atoms with Crippen LogP contribution in [0.2, 0.25) is 0 Å². The van der Waals surface area contributed by atoms with Crippen LogP contribution in [0.15, 0.2) is 12.1 Å². The highest BCUT2D eigenvalue weighted by atomic mass is 16.5. The van der Waals surface area contributed by atoms with E-state index in [0.29, 0.717) is 11.1 Å². The topological polar surface area (TPSA) is 168 Å². The number of aromatic hydroxyl groups is 2. The summed E-state index contributed by atoms with van der Waals surface area (Å²) in [6, 6.07) is 2.50. The van der Waals surface area contributed by atoms with Crippen molar-refractivity contribution in [2.24, 2.45) is 5.92 Å². The third-order valence-electron chi connectivity index (χ3n) is 9.21. The number of Topliss-reactive ketones (excluding diaryl/α,β-unsaturated/α-hetero) is 2. The molecule has 2 bridgehead atoms. The Morgan fingerprint density at radius 2 is 1.39 bits per heavy atom. The first-order valence-electron chi connectivity index (χ1n) is 11.5. The summed E-state index contributed by atoms with van der Waals surface area (Å²) in [6.07, 6.45) is -2.23. The minimum atomic E-state index is -2.26. The monoisotopic (exact) mass is 492 g/mol. The van der Waals surface area contributed by atoms with Crippen molar-refractivity contribution in [2.45, 2.75) is 42.8 Å². The lowest BCUT2D eigenvalue weighted by molar-refractivity contribution is -0.0989. The zero-order valence-electron chi connectivity index (χ0n) is 19.2. The maximum atomic E-state index is 14.0. The first-order valence-corrected chi connectivity index (χ1v) is 11.5. The van der Waals surface area contributed by atoms with Crippen LogP contribution in [0.1, 0.15) is 70.1 Å². The Morgan fingerprint density at radius 3 is 2.03 bits per heavy atom. The van der Waals surface area contributed by atoms with Crippen LogP contribution in [0.5, 0.6) is 11.5 Å². The number of benzene rings is 2. The predicted molar refractivity (Wildman–Crippen MR) is 117 cm³/mol. The molecule has 1 unspecified atom stereocenters. The van der Waals surface area contributed by atoms with Crippen molar-refractivity contribution in [3.63, 3.8) is 0 Å². The van der Waals surface area contributed by atoms with Gasteiger partial charge in [-0.05, 0) is 48.2 Å².